The van der Waals surface area contributed by atoms with E-state index in [1.807, 2.05) is 6.07 Å². The van der Waals surface area contributed by atoms with Gasteiger partial charge in [0.2, 0.25) is 11.8 Å². The second-order valence-corrected chi connectivity index (χ2v) is 5.68. The van der Waals surface area contributed by atoms with Crippen LogP contribution in [0.5, 0.6) is 0 Å². The van der Waals surface area contributed by atoms with Crippen LogP contribution in [-0.2, 0) is 25.5 Å². The van der Waals surface area contributed by atoms with Crippen LogP contribution in [0.25, 0.3) is 0 Å². The Morgan fingerprint density at radius 3 is 2.50 bits per heavy atom. The summed E-state index contributed by atoms with van der Waals surface area (Å²) in [5, 5.41) is 13.6. The fourth-order valence-electron chi connectivity index (χ4n) is 2.39. The highest BCUT2D eigenvalue weighted by Crippen LogP contribution is 2.10. The van der Waals surface area contributed by atoms with E-state index in [1.54, 1.807) is 6.07 Å². The minimum Gasteiger partial charge on any atom is -0.467 e. The van der Waals surface area contributed by atoms with E-state index in [2.05, 4.69) is 15.4 Å². The third-order valence-corrected chi connectivity index (χ3v) is 3.66. The van der Waals surface area contributed by atoms with Gasteiger partial charge in [-0.15, -0.1) is 0 Å². The van der Waals surface area contributed by atoms with Crippen molar-refractivity contribution in [3.05, 3.63) is 35.6 Å². The SMILES string of the molecule is COC(=O)[C@@H](CCCC#N)NC(=O)[C@H](Cc1ccccc1F)NC(C)=O. The van der Waals surface area contributed by atoms with Gasteiger partial charge in [0.05, 0.1) is 13.2 Å². The summed E-state index contributed by atoms with van der Waals surface area (Å²) in [7, 11) is 1.19. The lowest BCUT2D eigenvalue weighted by Gasteiger charge is -2.22. The molecule has 26 heavy (non-hydrogen) atoms. The Hall–Kier alpha value is -2.95. The Morgan fingerprint density at radius 2 is 1.92 bits per heavy atom. The van der Waals surface area contributed by atoms with E-state index < -0.39 is 35.7 Å². The summed E-state index contributed by atoms with van der Waals surface area (Å²) < 4.78 is 18.5. The van der Waals surface area contributed by atoms with Crippen molar-refractivity contribution in [3.8, 4) is 6.07 Å². The molecule has 2 amide bonds. The molecule has 0 unspecified atom stereocenters. The lowest BCUT2D eigenvalue weighted by molar-refractivity contribution is -0.145. The molecule has 0 saturated heterocycles. The molecule has 1 aromatic rings. The molecule has 0 aliphatic carbocycles. The standard InChI is InChI=1S/C18H22FN3O4/c1-12(23)21-16(11-13-7-3-4-8-14(13)19)17(24)22-15(18(25)26-2)9-5-6-10-20/h3-4,7-8,15-16H,5-6,9,11H2,1-2H3,(H,21,23)(H,22,24)/t15-,16+/m1/s1. The van der Waals surface area contributed by atoms with Crippen molar-refractivity contribution < 1.29 is 23.5 Å². The summed E-state index contributed by atoms with van der Waals surface area (Å²) in [6.45, 7) is 1.24. The molecule has 0 fully saturated rings. The number of rotatable bonds is 9. The lowest BCUT2D eigenvalue weighted by Crippen LogP contribution is -2.52. The maximum Gasteiger partial charge on any atom is 0.328 e. The van der Waals surface area contributed by atoms with Crippen LogP contribution < -0.4 is 10.6 Å². The molecule has 0 spiro atoms. The van der Waals surface area contributed by atoms with E-state index in [9.17, 15) is 18.8 Å². The summed E-state index contributed by atoms with van der Waals surface area (Å²) in [4.78, 5) is 35.8. The molecule has 0 radical (unpaired) electrons. The Balaban J connectivity index is 2.88. The van der Waals surface area contributed by atoms with Crippen LogP contribution in [-0.4, -0.2) is 37.0 Å². The van der Waals surface area contributed by atoms with Crippen molar-refractivity contribution >= 4 is 17.8 Å². The molecule has 0 saturated carbocycles. The highest BCUT2D eigenvalue weighted by molar-refractivity contribution is 5.90. The lowest BCUT2D eigenvalue weighted by atomic mass is 10.0. The summed E-state index contributed by atoms with van der Waals surface area (Å²) in [6.07, 6.45) is 0.783. The first-order valence-electron chi connectivity index (χ1n) is 8.14. The van der Waals surface area contributed by atoms with Crippen LogP contribution in [0.2, 0.25) is 0 Å². The van der Waals surface area contributed by atoms with Gasteiger partial charge in [-0.2, -0.15) is 5.26 Å². The number of carbonyl (C=O) groups excluding carboxylic acids is 3. The number of hydrogen-bond acceptors (Lipinski definition) is 5. The highest BCUT2D eigenvalue weighted by atomic mass is 19.1. The molecule has 0 aliphatic heterocycles. The predicted octanol–water partition coefficient (Wildman–Crippen LogP) is 1.22. The van der Waals surface area contributed by atoms with E-state index in [-0.39, 0.29) is 24.8 Å². The molecule has 0 heterocycles. The molecule has 0 bridgehead atoms. The zero-order valence-corrected chi connectivity index (χ0v) is 14.8. The van der Waals surface area contributed by atoms with Crippen molar-refractivity contribution in [1.82, 2.24) is 10.6 Å². The Labute approximate surface area is 151 Å². The first-order chi connectivity index (χ1) is 12.4. The normalized spacial score (nSPS) is 12.4. The van der Waals surface area contributed by atoms with Gasteiger partial charge in [-0.3, -0.25) is 9.59 Å². The number of esters is 1. The van der Waals surface area contributed by atoms with Crippen LogP contribution in [0.15, 0.2) is 24.3 Å². The van der Waals surface area contributed by atoms with E-state index in [0.29, 0.717) is 6.42 Å². The molecule has 2 atom stereocenters. The zero-order valence-electron chi connectivity index (χ0n) is 14.8. The van der Waals surface area contributed by atoms with E-state index >= 15 is 0 Å². The van der Waals surface area contributed by atoms with Gasteiger partial charge in [-0.1, -0.05) is 18.2 Å². The van der Waals surface area contributed by atoms with Crippen molar-refractivity contribution in [2.75, 3.05) is 7.11 Å². The Kier molecular flexibility index (Phi) is 8.78. The molecule has 0 aliphatic rings. The number of halogens is 1. The molecule has 1 rings (SSSR count). The average Bonchev–Trinajstić information content (AvgIpc) is 2.61. The summed E-state index contributed by atoms with van der Waals surface area (Å²) in [6, 6.07) is 5.89. The minimum absolute atomic E-state index is 0.0653. The number of hydrogen-bond donors (Lipinski definition) is 2. The van der Waals surface area contributed by atoms with Crippen LogP contribution in [0.3, 0.4) is 0 Å². The van der Waals surface area contributed by atoms with E-state index in [4.69, 9.17) is 5.26 Å². The second-order valence-electron chi connectivity index (χ2n) is 5.68. The smallest absolute Gasteiger partial charge is 0.328 e. The number of nitriles is 1. The van der Waals surface area contributed by atoms with Gasteiger partial charge < -0.3 is 15.4 Å². The van der Waals surface area contributed by atoms with Gasteiger partial charge in [-0.25, -0.2) is 9.18 Å². The van der Waals surface area contributed by atoms with Gasteiger partial charge >= 0.3 is 5.97 Å². The number of nitrogens with zero attached hydrogens (tertiary/aromatic N) is 1. The summed E-state index contributed by atoms with van der Waals surface area (Å²) >= 11 is 0. The third kappa shape index (κ3) is 6.89. The zero-order chi connectivity index (χ0) is 19.5. The van der Waals surface area contributed by atoms with Crippen LogP contribution in [0.1, 0.15) is 31.7 Å². The molecule has 140 valence electrons. The van der Waals surface area contributed by atoms with Crippen molar-refractivity contribution in [2.45, 2.75) is 44.7 Å². The quantitative estimate of drug-likeness (QED) is 0.507. The number of benzene rings is 1. The van der Waals surface area contributed by atoms with Gasteiger partial charge in [0, 0.05) is 19.8 Å². The number of ether oxygens (including phenoxy) is 1. The fraction of sp³-hybridized carbons (Fsp3) is 0.444. The number of amides is 2. The molecule has 7 nitrogen and oxygen atoms in total. The molecule has 8 heteroatoms. The van der Waals surface area contributed by atoms with Gasteiger partial charge in [0.25, 0.3) is 0 Å². The first kappa shape index (κ1) is 21.1. The average molecular weight is 363 g/mol. The number of nitrogens with one attached hydrogen (secondary N) is 2. The Bertz CT molecular complexity index is 687. The number of methoxy groups -OCH3 is 1. The maximum absolute atomic E-state index is 13.9. The van der Waals surface area contributed by atoms with Crippen LogP contribution in [0, 0.1) is 17.1 Å². The van der Waals surface area contributed by atoms with Crippen molar-refractivity contribution in [1.29, 1.82) is 5.26 Å². The predicted molar refractivity (Wildman–Crippen MR) is 91.1 cm³/mol. The monoisotopic (exact) mass is 363 g/mol. The largest absolute Gasteiger partial charge is 0.467 e. The maximum atomic E-state index is 13.9. The number of unbranched alkanes of at least 4 members (excludes halogenated alkanes) is 1. The van der Waals surface area contributed by atoms with Crippen LogP contribution in [0.4, 0.5) is 4.39 Å². The van der Waals surface area contributed by atoms with E-state index in [1.165, 1.54) is 32.2 Å². The topological polar surface area (TPSA) is 108 Å². The second kappa shape index (κ2) is 10.8. The third-order valence-electron chi connectivity index (χ3n) is 3.66. The first-order valence-corrected chi connectivity index (χ1v) is 8.14. The van der Waals surface area contributed by atoms with E-state index in [0.717, 1.165) is 0 Å². The Morgan fingerprint density at radius 1 is 1.23 bits per heavy atom. The van der Waals surface area contributed by atoms with Crippen molar-refractivity contribution in [3.63, 3.8) is 0 Å². The minimum atomic E-state index is -1.05. The fourth-order valence-corrected chi connectivity index (χ4v) is 2.39. The molecular formula is C18H22FN3O4. The number of carbonyl (C=O) groups is 3. The molecule has 0 aromatic heterocycles. The highest BCUT2D eigenvalue weighted by Gasteiger charge is 2.27. The van der Waals surface area contributed by atoms with Gasteiger partial charge in [0.15, 0.2) is 0 Å². The van der Waals surface area contributed by atoms with Gasteiger partial charge in [-0.05, 0) is 24.5 Å². The van der Waals surface area contributed by atoms with Crippen LogP contribution >= 0.6 is 0 Å². The summed E-state index contributed by atoms with van der Waals surface area (Å²) in [5.74, 6) is -2.23. The summed E-state index contributed by atoms with van der Waals surface area (Å²) in [5.41, 5.74) is 0.264. The molecule has 1 aromatic carbocycles. The molecule has 2 N–H and O–H groups in total. The molecular weight excluding hydrogens is 341 g/mol. The van der Waals surface area contributed by atoms with Gasteiger partial charge in [0.1, 0.15) is 17.9 Å². The van der Waals surface area contributed by atoms with Crippen molar-refractivity contribution in [2.24, 2.45) is 0 Å².